The Balaban J connectivity index is 1.35. The van der Waals surface area contributed by atoms with Gasteiger partial charge in [0.05, 0.1) is 28.8 Å². The largest absolute Gasteiger partial charge is 0.457 e. The van der Waals surface area contributed by atoms with Crippen molar-refractivity contribution >= 4 is 27.5 Å². The maximum absolute atomic E-state index is 14.7. The topological polar surface area (TPSA) is 134 Å². The molecule has 0 saturated heterocycles. The summed E-state index contributed by atoms with van der Waals surface area (Å²) in [5.41, 5.74) is 4.58. The summed E-state index contributed by atoms with van der Waals surface area (Å²) >= 11 is 0. The van der Waals surface area contributed by atoms with E-state index in [-0.39, 0.29) is 40.9 Å². The molecule has 0 saturated carbocycles. The van der Waals surface area contributed by atoms with Gasteiger partial charge in [0.25, 0.3) is 21.8 Å². The first-order valence-electron chi connectivity index (χ1n) is 18.9. The van der Waals surface area contributed by atoms with Gasteiger partial charge in [0.1, 0.15) is 11.5 Å². The van der Waals surface area contributed by atoms with Crippen LogP contribution < -0.4 is 9.46 Å². The van der Waals surface area contributed by atoms with Gasteiger partial charge in [-0.15, -0.1) is 0 Å². The number of fused-ring (bicyclic) bond motifs is 1. The van der Waals surface area contributed by atoms with Gasteiger partial charge >= 0.3 is 0 Å². The van der Waals surface area contributed by atoms with Crippen molar-refractivity contribution in [2.45, 2.75) is 77.3 Å². The zero-order chi connectivity index (χ0) is 39.1. The number of aliphatic hydroxyl groups excluding tert-OH is 1. The van der Waals surface area contributed by atoms with Crippen LogP contribution in [0.5, 0.6) is 11.5 Å². The lowest BCUT2D eigenvalue weighted by Crippen LogP contribution is -2.46. The molecule has 1 aliphatic heterocycles. The van der Waals surface area contributed by atoms with Gasteiger partial charge in [0.2, 0.25) is 0 Å². The number of hydrogen-bond donors (Lipinski definition) is 2. The Morgan fingerprint density at radius 3 is 2.24 bits per heavy atom. The highest BCUT2D eigenvalue weighted by Crippen LogP contribution is 2.31. The normalized spacial score (nSPS) is 14.0. The second kappa shape index (κ2) is 17.3. The van der Waals surface area contributed by atoms with E-state index in [0.717, 1.165) is 42.4 Å². The average molecular weight is 764 g/mol. The van der Waals surface area contributed by atoms with Crippen molar-refractivity contribution in [3.63, 3.8) is 0 Å². The van der Waals surface area contributed by atoms with Crippen molar-refractivity contribution < 1.29 is 27.9 Å². The molecule has 0 spiro atoms. The standard InChI is InChI=1S/C43H49N5O6S/c1-5-7-23-46(24-8-6-2)43(51)39-25-31(4)48(44-39)40-22-17-34(27-38(40)42(50)47-28-33-15-11-10-14-32(33)26-35(47)29-49)45-55(52,53)37-20-18-36(19-21-37)54-41-16-12-9-13-30(41)3/h9-22,25,27,35,45,49H,5-8,23-24,26,28-29H2,1-4H3/t35-/m0/s1. The number of sulfonamides is 1. The molecule has 1 aliphatic rings. The fourth-order valence-corrected chi connectivity index (χ4v) is 7.84. The summed E-state index contributed by atoms with van der Waals surface area (Å²) in [6.07, 6.45) is 4.13. The molecular weight excluding hydrogens is 715 g/mol. The van der Waals surface area contributed by atoms with Gasteiger partial charge in [0, 0.05) is 31.0 Å². The van der Waals surface area contributed by atoms with Crippen molar-refractivity contribution in [3.05, 3.63) is 131 Å². The number of carbonyl (C=O) groups excluding carboxylic acids is 2. The Hall–Kier alpha value is -5.46. The lowest BCUT2D eigenvalue weighted by molar-refractivity contribution is 0.0544. The SMILES string of the molecule is CCCCN(CCCC)C(=O)c1cc(C)n(-c2ccc(NS(=O)(=O)c3ccc(Oc4ccccc4C)cc3)cc2C(=O)N2Cc3ccccc3C[C@H]2CO)n1. The van der Waals surface area contributed by atoms with Crippen LogP contribution in [0.2, 0.25) is 0 Å². The van der Waals surface area contributed by atoms with E-state index < -0.39 is 22.0 Å². The lowest BCUT2D eigenvalue weighted by Gasteiger charge is -2.36. The van der Waals surface area contributed by atoms with Crippen LogP contribution in [-0.2, 0) is 23.0 Å². The predicted octanol–water partition coefficient (Wildman–Crippen LogP) is 7.68. The minimum absolute atomic E-state index is 0.0105. The van der Waals surface area contributed by atoms with Crippen molar-refractivity contribution in [2.75, 3.05) is 24.4 Å². The van der Waals surface area contributed by atoms with E-state index in [9.17, 15) is 23.1 Å². The van der Waals surface area contributed by atoms with Gasteiger partial charge in [-0.25, -0.2) is 13.1 Å². The number of hydrogen-bond acceptors (Lipinski definition) is 7. The van der Waals surface area contributed by atoms with Crippen LogP contribution in [0.1, 0.15) is 82.8 Å². The third kappa shape index (κ3) is 8.92. The third-order valence-electron chi connectivity index (χ3n) is 9.95. The number of aromatic nitrogens is 2. The van der Waals surface area contributed by atoms with Crippen LogP contribution in [-0.4, -0.2) is 70.7 Å². The van der Waals surface area contributed by atoms with Crippen molar-refractivity contribution in [3.8, 4) is 17.2 Å². The van der Waals surface area contributed by atoms with E-state index in [1.54, 1.807) is 39.9 Å². The van der Waals surface area contributed by atoms with E-state index in [2.05, 4.69) is 18.6 Å². The molecule has 0 aliphatic carbocycles. The minimum Gasteiger partial charge on any atom is -0.457 e. The first-order chi connectivity index (χ1) is 26.5. The average Bonchev–Trinajstić information content (AvgIpc) is 3.58. The zero-order valence-electron chi connectivity index (χ0n) is 31.9. The smallest absolute Gasteiger partial charge is 0.274 e. The molecule has 4 aromatic carbocycles. The molecule has 12 heteroatoms. The van der Waals surface area contributed by atoms with E-state index in [0.29, 0.717) is 42.4 Å². The summed E-state index contributed by atoms with van der Waals surface area (Å²) in [6.45, 7) is 9.18. The van der Waals surface area contributed by atoms with E-state index in [1.807, 2.05) is 67.3 Å². The Kier molecular flexibility index (Phi) is 12.4. The summed E-state index contributed by atoms with van der Waals surface area (Å²) in [7, 11) is -4.09. The lowest BCUT2D eigenvalue weighted by atomic mass is 9.93. The number of aryl methyl sites for hydroxylation is 2. The van der Waals surface area contributed by atoms with Crippen molar-refractivity contribution in [1.29, 1.82) is 0 Å². The summed E-state index contributed by atoms with van der Waals surface area (Å²) in [5.74, 6) is 0.573. The number of anilines is 1. The number of carbonyl (C=O) groups is 2. The number of para-hydroxylation sites is 1. The number of nitrogens with one attached hydrogen (secondary N) is 1. The fraction of sp³-hybridized carbons (Fsp3) is 0.326. The molecule has 2 heterocycles. The Morgan fingerprint density at radius 1 is 0.891 bits per heavy atom. The molecule has 2 amide bonds. The zero-order valence-corrected chi connectivity index (χ0v) is 32.7. The van der Waals surface area contributed by atoms with Crippen LogP contribution in [0.4, 0.5) is 5.69 Å². The number of amides is 2. The van der Waals surface area contributed by atoms with E-state index in [4.69, 9.17) is 9.84 Å². The number of aliphatic hydroxyl groups is 1. The molecule has 1 aromatic heterocycles. The van der Waals surface area contributed by atoms with Gasteiger partial charge in [0.15, 0.2) is 5.69 Å². The molecule has 11 nitrogen and oxygen atoms in total. The fourth-order valence-electron chi connectivity index (χ4n) is 6.80. The Morgan fingerprint density at radius 2 is 1.56 bits per heavy atom. The maximum atomic E-state index is 14.7. The van der Waals surface area contributed by atoms with E-state index >= 15 is 0 Å². The second-order valence-electron chi connectivity index (χ2n) is 14.0. The van der Waals surface area contributed by atoms with Crippen LogP contribution in [0.15, 0.2) is 102 Å². The molecule has 0 radical (unpaired) electrons. The summed E-state index contributed by atoms with van der Waals surface area (Å²) in [6, 6.07) is 27.4. The quantitative estimate of drug-likeness (QED) is 0.112. The third-order valence-corrected chi connectivity index (χ3v) is 11.3. The highest BCUT2D eigenvalue weighted by atomic mass is 32.2. The van der Waals surface area contributed by atoms with Gasteiger partial charge < -0.3 is 19.6 Å². The van der Waals surface area contributed by atoms with Gasteiger partial charge in [-0.05, 0) is 104 Å². The molecule has 5 aromatic rings. The monoisotopic (exact) mass is 763 g/mol. The minimum atomic E-state index is -4.09. The molecule has 288 valence electrons. The molecule has 1 atom stereocenters. The molecule has 0 unspecified atom stereocenters. The van der Waals surface area contributed by atoms with Crippen LogP contribution in [0.25, 0.3) is 5.69 Å². The first-order valence-corrected chi connectivity index (χ1v) is 20.4. The van der Waals surface area contributed by atoms with E-state index in [1.165, 1.54) is 18.2 Å². The molecular formula is C43H49N5O6S. The number of ether oxygens (including phenoxy) is 1. The van der Waals surface area contributed by atoms with Crippen molar-refractivity contribution in [1.82, 2.24) is 19.6 Å². The van der Waals surface area contributed by atoms with Gasteiger partial charge in [-0.3, -0.25) is 14.3 Å². The summed E-state index contributed by atoms with van der Waals surface area (Å²) < 4.78 is 37.6. The number of rotatable bonds is 15. The Labute approximate surface area is 323 Å². The molecule has 55 heavy (non-hydrogen) atoms. The molecule has 6 rings (SSSR count). The van der Waals surface area contributed by atoms with Crippen LogP contribution >= 0.6 is 0 Å². The number of benzene rings is 4. The second-order valence-corrected chi connectivity index (χ2v) is 15.7. The summed E-state index contributed by atoms with van der Waals surface area (Å²) in [5, 5.41) is 15.2. The molecule has 0 bridgehead atoms. The molecule has 0 fully saturated rings. The van der Waals surface area contributed by atoms with Crippen molar-refractivity contribution in [2.24, 2.45) is 0 Å². The summed E-state index contributed by atoms with van der Waals surface area (Å²) in [4.78, 5) is 31.9. The predicted molar refractivity (Wildman–Crippen MR) is 213 cm³/mol. The maximum Gasteiger partial charge on any atom is 0.274 e. The molecule has 2 N–H and O–H groups in total. The van der Waals surface area contributed by atoms with Crippen LogP contribution in [0, 0.1) is 13.8 Å². The van der Waals surface area contributed by atoms with Gasteiger partial charge in [-0.2, -0.15) is 5.10 Å². The number of nitrogens with zero attached hydrogens (tertiary/aromatic N) is 4. The van der Waals surface area contributed by atoms with Gasteiger partial charge in [-0.1, -0.05) is 69.2 Å². The first kappa shape index (κ1) is 39.2. The highest BCUT2D eigenvalue weighted by Gasteiger charge is 2.32. The number of unbranched alkanes of at least 4 members (excludes halogenated alkanes) is 2. The Bertz CT molecular complexity index is 2240. The highest BCUT2D eigenvalue weighted by molar-refractivity contribution is 7.92. The van der Waals surface area contributed by atoms with Crippen LogP contribution in [0.3, 0.4) is 0 Å².